The van der Waals surface area contributed by atoms with Crippen LogP contribution in [0.5, 0.6) is 0 Å². The van der Waals surface area contributed by atoms with E-state index in [1.54, 1.807) is 0 Å². The Kier molecular flexibility index (Phi) is 2.80. The highest BCUT2D eigenvalue weighted by Gasteiger charge is 2.41. The van der Waals surface area contributed by atoms with Gasteiger partial charge in [-0.25, -0.2) is 4.98 Å². The van der Waals surface area contributed by atoms with Crippen molar-refractivity contribution in [2.24, 2.45) is 5.41 Å². The van der Waals surface area contributed by atoms with Crippen molar-refractivity contribution in [3.8, 4) is 0 Å². The van der Waals surface area contributed by atoms with Gasteiger partial charge in [-0.3, -0.25) is 0 Å². The molecule has 16 heavy (non-hydrogen) atoms. The van der Waals surface area contributed by atoms with E-state index in [0.29, 0.717) is 11.3 Å². The van der Waals surface area contributed by atoms with E-state index in [-0.39, 0.29) is 0 Å². The second kappa shape index (κ2) is 4.15. The lowest BCUT2D eigenvalue weighted by Gasteiger charge is -2.12. The second-order valence-corrected chi connectivity index (χ2v) is 6.15. The van der Waals surface area contributed by atoms with Crippen LogP contribution in [0, 0.1) is 5.41 Å². The predicted octanol–water partition coefficient (Wildman–Crippen LogP) is 3.24. The largest absolute Gasteiger partial charge is 0.360 e. The van der Waals surface area contributed by atoms with Crippen LogP contribution in [0.4, 0.5) is 5.13 Å². The molecule has 88 valence electrons. The Labute approximate surface area is 105 Å². The molecule has 0 bridgehead atoms. The molecule has 0 aliphatic heterocycles. The fourth-order valence-electron chi connectivity index (χ4n) is 1.97. The molecule has 5 heteroatoms. The van der Waals surface area contributed by atoms with Crippen LogP contribution in [0.25, 0.3) is 0 Å². The first-order chi connectivity index (χ1) is 7.81. The summed E-state index contributed by atoms with van der Waals surface area (Å²) >= 11 is 7.31. The zero-order valence-corrected chi connectivity index (χ0v) is 10.8. The number of alkyl halides is 1. The third kappa shape index (κ3) is 2.33. The Morgan fingerprint density at radius 2 is 2.25 bits per heavy atom. The lowest BCUT2D eigenvalue weighted by atomic mass is 10.0. The van der Waals surface area contributed by atoms with Crippen molar-refractivity contribution in [3.63, 3.8) is 0 Å². The zero-order chi connectivity index (χ0) is 11.0. The molecule has 0 spiro atoms. The highest BCUT2D eigenvalue weighted by atomic mass is 35.5. The summed E-state index contributed by atoms with van der Waals surface area (Å²) < 4.78 is 4.39. The molecule has 2 aliphatic carbocycles. The van der Waals surface area contributed by atoms with Crippen LogP contribution in [0.1, 0.15) is 43.8 Å². The molecule has 0 radical (unpaired) electrons. The topological polar surface area (TPSA) is 37.8 Å². The molecule has 3 nitrogen and oxygen atoms in total. The molecule has 0 aromatic carbocycles. The van der Waals surface area contributed by atoms with Gasteiger partial charge in [0.25, 0.3) is 0 Å². The molecule has 1 aromatic heterocycles. The van der Waals surface area contributed by atoms with Crippen molar-refractivity contribution in [1.82, 2.24) is 9.36 Å². The number of hydrogen-bond acceptors (Lipinski definition) is 4. The molecule has 2 fully saturated rings. The Bertz CT molecular complexity index is 371. The second-order valence-electron chi connectivity index (χ2n) is 5.02. The van der Waals surface area contributed by atoms with Crippen LogP contribution in [0.3, 0.4) is 0 Å². The Balaban J connectivity index is 1.53. The van der Waals surface area contributed by atoms with Crippen LogP contribution in [0.2, 0.25) is 0 Å². The van der Waals surface area contributed by atoms with Gasteiger partial charge in [-0.15, -0.1) is 11.6 Å². The van der Waals surface area contributed by atoms with Crippen molar-refractivity contribution in [2.45, 2.75) is 38.0 Å². The van der Waals surface area contributed by atoms with Gasteiger partial charge in [0, 0.05) is 29.9 Å². The van der Waals surface area contributed by atoms with E-state index in [4.69, 9.17) is 11.6 Å². The molecule has 2 saturated carbocycles. The summed E-state index contributed by atoms with van der Waals surface area (Å²) in [6, 6.07) is 0. The highest BCUT2D eigenvalue weighted by molar-refractivity contribution is 7.09. The maximum absolute atomic E-state index is 5.81. The molecule has 3 rings (SSSR count). The minimum Gasteiger partial charge on any atom is -0.360 e. The smallest absolute Gasteiger partial charge is 0.202 e. The molecule has 1 N–H and O–H groups in total. The first-order valence-corrected chi connectivity index (χ1v) is 7.26. The summed E-state index contributed by atoms with van der Waals surface area (Å²) in [5, 5.41) is 4.41. The van der Waals surface area contributed by atoms with Gasteiger partial charge in [0.2, 0.25) is 5.13 Å². The van der Waals surface area contributed by atoms with Crippen LogP contribution in [-0.4, -0.2) is 21.8 Å². The van der Waals surface area contributed by atoms with Crippen LogP contribution in [0.15, 0.2) is 0 Å². The van der Waals surface area contributed by atoms with Crippen molar-refractivity contribution >= 4 is 28.3 Å². The minimum absolute atomic E-state index is 0.465. The average Bonchev–Trinajstić information content (AvgIpc) is 3.20. The van der Waals surface area contributed by atoms with E-state index < -0.39 is 0 Å². The molecular formula is C11H16ClN3S. The normalized spacial score (nSPS) is 22.1. The highest BCUT2D eigenvalue weighted by Crippen LogP contribution is 2.49. The van der Waals surface area contributed by atoms with Gasteiger partial charge in [0.05, 0.1) is 0 Å². The summed E-state index contributed by atoms with van der Waals surface area (Å²) in [5.41, 5.74) is 0.465. The molecule has 1 heterocycles. The van der Waals surface area contributed by atoms with Crippen molar-refractivity contribution in [1.29, 1.82) is 0 Å². The van der Waals surface area contributed by atoms with Gasteiger partial charge in [0.15, 0.2) is 0 Å². The van der Waals surface area contributed by atoms with Crippen molar-refractivity contribution < 1.29 is 0 Å². The third-order valence-corrected chi connectivity index (χ3v) is 4.46. The monoisotopic (exact) mass is 257 g/mol. The lowest BCUT2D eigenvalue weighted by molar-refractivity contribution is 0.524. The van der Waals surface area contributed by atoms with Gasteiger partial charge < -0.3 is 5.32 Å². The van der Waals surface area contributed by atoms with Gasteiger partial charge in [-0.2, -0.15) is 4.37 Å². The average molecular weight is 258 g/mol. The summed E-state index contributed by atoms with van der Waals surface area (Å²) in [7, 11) is 0. The van der Waals surface area contributed by atoms with E-state index in [9.17, 15) is 0 Å². The third-order valence-electron chi connectivity index (χ3n) is 3.58. The van der Waals surface area contributed by atoms with Gasteiger partial charge in [-0.05, 0) is 37.5 Å². The van der Waals surface area contributed by atoms with Crippen molar-refractivity contribution in [2.75, 3.05) is 17.7 Å². The van der Waals surface area contributed by atoms with E-state index in [1.165, 1.54) is 37.2 Å². The zero-order valence-electron chi connectivity index (χ0n) is 9.21. The fourth-order valence-corrected chi connectivity index (χ4v) is 3.01. The standard InChI is InChI=1S/C11H16ClN3S/c12-6-5-11(3-4-11)7-13-10-14-9(15-16-10)8-1-2-8/h8H,1-7H2,(H,13,14,15). The fraction of sp³-hybridized carbons (Fsp3) is 0.818. The molecule has 0 saturated heterocycles. The summed E-state index contributed by atoms with van der Waals surface area (Å²) in [5.74, 6) is 2.48. The Hall–Kier alpha value is -0.350. The van der Waals surface area contributed by atoms with E-state index >= 15 is 0 Å². The number of halogens is 1. The number of nitrogens with zero attached hydrogens (tertiary/aromatic N) is 2. The quantitative estimate of drug-likeness (QED) is 0.795. The molecule has 0 atom stereocenters. The van der Waals surface area contributed by atoms with Gasteiger partial charge in [-0.1, -0.05) is 0 Å². The van der Waals surface area contributed by atoms with E-state index in [2.05, 4.69) is 14.7 Å². The predicted molar refractivity (Wildman–Crippen MR) is 67.4 cm³/mol. The van der Waals surface area contributed by atoms with Gasteiger partial charge >= 0.3 is 0 Å². The Morgan fingerprint density at radius 1 is 1.44 bits per heavy atom. The first kappa shape index (κ1) is 10.8. The maximum Gasteiger partial charge on any atom is 0.202 e. The molecule has 0 unspecified atom stereocenters. The number of rotatable bonds is 6. The van der Waals surface area contributed by atoms with Gasteiger partial charge in [0.1, 0.15) is 5.82 Å². The van der Waals surface area contributed by atoms with Crippen LogP contribution < -0.4 is 5.32 Å². The van der Waals surface area contributed by atoms with E-state index in [0.717, 1.165) is 29.8 Å². The number of hydrogen-bond donors (Lipinski definition) is 1. The molecule has 2 aliphatic rings. The summed E-state index contributed by atoms with van der Waals surface area (Å²) in [6.07, 6.45) is 6.27. The van der Waals surface area contributed by atoms with Crippen LogP contribution in [-0.2, 0) is 0 Å². The number of aromatic nitrogens is 2. The summed E-state index contributed by atoms with van der Waals surface area (Å²) in [4.78, 5) is 4.53. The van der Waals surface area contributed by atoms with Crippen molar-refractivity contribution in [3.05, 3.63) is 5.82 Å². The molecule has 0 amide bonds. The van der Waals surface area contributed by atoms with E-state index in [1.807, 2.05) is 0 Å². The SMILES string of the molecule is ClCCC1(CNc2nc(C3CC3)ns2)CC1. The first-order valence-electron chi connectivity index (χ1n) is 5.95. The number of nitrogens with one attached hydrogen (secondary N) is 1. The number of anilines is 1. The lowest BCUT2D eigenvalue weighted by Crippen LogP contribution is -2.15. The maximum atomic E-state index is 5.81. The Morgan fingerprint density at radius 3 is 2.88 bits per heavy atom. The molecule has 1 aromatic rings. The summed E-state index contributed by atoms with van der Waals surface area (Å²) in [6.45, 7) is 1.01. The molecular weight excluding hydrogens is 242 g/mol. The van der Waals surface area contributed by atoms with Crippen LogP contribution >= 0.6 is 23.1 Å². The minimum atomic E-state index is 0.465.